The van der Waals surface area contributed by atoms with Crippen LogP contribution in [0.3, 0.4) is 0 Å². The molecule has 0 unspecified atom stereocenters. The number of hydrogen-bond acceptors (Lipinski definition) is 1. The quantitative estimate of drug-likeness (QED) is 0.697. The molecule has 0 N–H and O–H groups in total. The van der Waals surface area contributed by atoms with Gasteiger partial charge in [0.05, 0.1) is 6.61 Å². The van der Waals surface area contributed by atoms with Gasteiger partial charge >= 0.3 is 0 Å². The molecule has 0 radical (unpaired) electrons. The highest BCUT2D eigenvalue weighted by molar-refractivity contribution is 5.29. The summed E-state index contributed by atoms with van der Waals surface area (Å²) in [6, 6.07) is 8.76. The van der Waals surface area contributed by atoms with Crippen molar-refractivity contribution >= 4 is 0 Å². The maximum absolute atomic E-state index is 5.50. The average Bonchev–Trinajstić information content (AvgIpc) is 2.41. The lowest BCUT2D eigenvalue weighted by atomic mass is 9.77. The molecule has 1 heteroatoms. The molecule has 1 aromatic rings. The zero-order chi connectivity index (χ0) is 12.8. The fraction of sp³-hybridized carbons (Fsp3) is 0.647. The van der Waals surface area contributed by atoms with Crippen LogP contribution in [0.5, 0.6) is 5.75 Å². The normalized spacial score (nSPS) is 23.9. The van der Waals surface area contributed by atoms with Crippen molar-refractivity contribution in [2.24, 2.45) is 5.92 Å². The number of hydrogen-bond donors (Lipinski definition) is 0. The van der Waals surface area contributed by atoms with Gasteiger partial charge in [-0.1, -0.05) is 31.9 Å². The number of rotatable bonds is 5. The fourth-order valence-electron chi connectivity index (χ4n) is 3.20. The molecule has 1 saturated carbocycles. The van der Waals surface area contributed by atoms with Crippen molar-refractivity contribution in [1.29, 1.82) is 0 Å². The summed E-state index contributed by atoms with van der Waals surface area (Å²) in [5.74, 6) is 2.78. The van der Waals surface area contributed by atoms with E-state index in [1.807, 2.05) is 6.92 Å². The predicted molar refractivity (Wildman–Crippen MR) is 77.2 cm³/mol. The summed E-state index contributed by atoms with van der Waals surface area (Å²) in [6.07, 6.45) is 8.36. The van der Waals surface area contributed by atoms with E-state index in [1.54, 1.807) is 0 Å². The molecule has 1 aromatic carbocycles. The molecule has 0 aliphatic heterocycles. The van der Waals surface area contributed by atoms with Gasteiger partial charge in [-0.25, -0.2) is 0 Å². The Morgan fingerprint density at radius 3 is 2.22 bits per heavy atom. The zero-order valence-corrected chi connectivity index (χ0v) is 11.8. The first-order valence-electron chi connectivity index (χ1n) is 7.56. The Morgan fingerprint density at radius 2 is 1.67 bits per heavy atom. The molecule has 0 amide bonds. The van der Waals surface area contributed by atoms with Crippen molar-refractivity contribution in [1.82, 2.24) is 0 Å². The third-order valence-electron chi connectivity index (χ3n) is 4.21. The molecule has 0 atom stereocenters. The second-order valence-corrected chi connectivity index (χ2v) is 5.51. The van der Waals surface area contributed by atoms with Crippen molar-refractivity contribution in [2.75, 3.05) is 6.61 Å². The Bertz CT molecular complexity index is 333. The second kappa shape index (κ2) is 6.82. The van der Waals surface area contributed by atoms with E-state index >= 15 is 0 Å². The van der Waals surface area contributed by atoms with Crippen LogP contribution in [0.4, 0.5) is 0 Å². The molecule has 0 aromatic heterocycles. The molecular weight excluding hydrogens is 220 g/mol. The van der Waals surface area contributed by atoms with Crippen molar-refractivity contribution in [3.05, 3.63) is 29.8 Å². The highest BCUT2D eigenvalue weighted by Crippen LogP contribution is 2.37. The molecule has 1 nitrogen and oxygen atoms in total. The van der Waals surface area contributed by atoms with Crippen molar-refractivity contribution in [3.8, 4) is 5.75 Å². The van der Waals surface area contributed by atoms with Crippen LogP contribution in [0.15, 0.2) is 24.3 Å². The van der Waals surface area contributed by atoms with Crippen LogP contribution in [0, 0.1) is 5.92 Å². The third-order valence-corrected chi connectivity index (χ3v) is 4.21. The van der Waals surface area contributed by atoms with E-state index in [2.05, 4.69) is 31.2 Å². The van der Waals surface area contributed by atoms with Gasteiger partial charge < -0.3 is 4.74 Å². The molecule has 1 fully saturated rings. The lowest BCUT2D eigenvalue weighted by Gasteiger charge is -2.28. The standard InChI is InChI=1S/C17H26O/c1-3-5-14-6-8-15(9-7-14)16-10-12-17(13-11-16)18-4-2/h10-15H,3-9H2,1-2H3/t14-,15-. The maximum Gasteiger partial charge on any atom is 0.119 e. The van der Waals surface area contributed by atoms with Crippen LogP contribution in [-0.2, 0) is 0 Å². The Kier molecular flexibility index (Phi) is 5.10. The Hall–Kier alpha value is -0.980. The molecule has 0 bridgehead atoms. The Morgan fingerprint density at radius 1 is 1.00 bits per heavy atom. The minimum atomic E-state index is 0.751. The van der Waals surface area contributed by atoms with E-state index in [-0.39, 0.29) is 0 Å². The van der Waals surface area contributed by atoms with Gasteiger partial charge in [0, 0.05) is 0 Å². The summed E-state index contributed by atoms with van der Waals surface area (Å²) >= 11 is 0. The number of ether oxygens (including phenoxy) is 1. The molecule has 0 saturated heterocycles. The van der Waals surface area contributed by atoms with E-state index < -0.39 is 0 Å². The largest absolute Gasteiger partial charge is 0.494 e. The van der Waals surface area contributed by atoms with Gasteiger partial charge in [-0.3, -0.25) is 0 Å². The SMILES string of the molecule is CCC[C@H]1CC[C@H](c2ccc(OCC)cc2)CC1. The molecule has 100 valence electrons. The first kappa shape index (κ1) is 13.5. The first-order valence-corrected chi connectivity index (χ1v) is 7.56. The van der Waals surface area contributed by atoms with Gasteiger partial charge in [0.25, 0.3) is 0 Å². The minimum absolute atomic E-state index is 0.751. The molecular formula is C17H26O. The molecule has 18 heavy (non-hydrogen) atoms. The number of benzene rings is 1. The van der Waals surface area contributed by atoms with Crippen LogP contribution in [-0.4, -0.2) is 6.61 Å². The van der Waals surface area contributed by atoms with Gasteiger partial charge in [-0.05, 0) is 62.1 Å². The summed E-state index contributed by atoms with van der Waals surface area (Å²) in [7, 11) is 0. The van der Waals surface area contributed by atoms with Crippen LogP contribution < -0.4 is 4.74 Å². The molecule has 1 aliphatic rings. The second-order valence-electron chi connectivity index (χ2n) is 5.51. The smallest absolute Gasteiger partial charge is 0.119 e. The van der Waals surface area contributed by atoms with Crippen LogP contribution in [0.2, 0.25) is 0 Å². The monoisotopic (exact) mass is 246 g/mol. The van der Waals surface area contributed by atoms with Gasteiger partial charge in [-0.2, -0.15) is 0 Å². The third kappa shape index (κ3) is 3.51. The van der Waals surface area contributed by atoms with E-state index in [9.17, 15) is 0 Å². The highest BCUT2D eigenvalue weighted by atomic mass is 16.5. The molecule has 1 aliphatic carbocycles. The van der Waals surface area contributed by atoms with Crippen LogP contribution in [0.1, 0.15) is 63.9 Å². The van der Waals surface area contributed by atoms with Crippen molar-refractivity contribution < 1.29 is 4.74 Å². The lowest BCUT2D eigenvalue weighted by molar-refractivity contribution is 0.308. The highest BCUT2D eigenvalue weighted by Gasteiger charge is 2.21. The molecule has 2 rings (SSSR count). The van der Waals surface area contributed by atoms with Gasteiger partial charge in [0.15, 0.2) is 0 Å². The van der Waals surface area contributed by atoms with E-state index in [0.29, 0.717) is 0 Å². The van der Waals surface area contributed by atoms with E-state index in [0.717, 1.165) is 24.2 Å². The average molecular weight is 246 g/mol. The molecule has 0 spiro atoms. The van der Waals surface area contributed by atoms with Crippen LogP contribution >= 0.6 is 0 Å². The van der Waals surface area contributed by atoms with Gasteiger partial charge in [0.2, 0.25) is 0 Å². The van der Waals surface area contributed by atoms with Crippen molar-refractivity contribution in [3.63, 3.8) is 0 Å². The Labute approximate surface area is 112 Å². The van der Waals surface area contributed by atoms with E-state index in [1.165, 1.54) is 44.1 Å². The summed E-state index contributed by atoms with van der Waals surface area (Å²) in [5, 5.41) is 0. The predicted octanol–water partition coefficient (Wildman–Crippen LogP) is 5.16. The zero-order valence-electron chi connectivity index (χ0n) is 11.8. The lowest BCUT2D eigenvalue weighted by Crippen LogP contribution is -2.13. The van der Waals surface area contributed by atoms with E-state index in [4.69, 9.17) is 4.74 Å². The first-order chi connectivity index (χ1) is 8.83. The van der Waals surface area contributed by atoms with Crippen molar-refractivity contribution in [2.45, 2.75) is 58.3 Å². The summed E-state index contributed by atoms with van der Waals surface area (Å²) < 4.78 is 5.50. The van der Waals surface area contributed by atoms with Crippen LogP contribution in [0.25, 0.3) is 0 Å². The maximum atomic E-state index is 5.50. The molecule has 0 heterocycles. The Balaban J connectivity index is 1.89. The minimum Gasteiger partial charge on any atom is -0.494 e. The summed E-state index contributed by atoms with van der Waals surface area (Å²) in [5.41, 5.74) is 1.51. The fourth-order valence-corrected chi connectivity index (χ4v) is 3.20. The van der Waals surface area contributed by atoms with Gasteiger partial charge in [-0.15, -0.1) is 0 Å². The summed E-state index contributed by atoms with van der Waals surface area (Å²) in [4.78, 5) is 0. The topological polar surface area (TPSA) is 9.23 Å². The van der Waals surface area contributed by atoms with Gasteiger partial charge in [0.1, 0.15) is 5.75 Å². The summed E-state index contributed by atoms with van der Waals surface area (Å²) in [6.45, 7) is 5.09.